The van der Waals surface area contributed by atoms with E-state index in [0.717, 1.165) is 18.4 Å². The largest absolute Gasteiger partial charge is 0.355 e. The number of amides is 2. The molecule has 0 saturated heterocycles. The number of carbonyl (C=O) groups excluding carboxylic acids is 2. The van der Waals surface area contributed by atoms with Crippen molar-refractivity contribution in [1.29, 1.82) is 0 Å². The molecule has 1 fully saturated rings. The Morgan fingerprint density at radius 2 is 1.91 bits per heavy atom. The van der Waals surface area contributed by atoms with Gasteiger partial charge in [-0.1, -0.05) is 29.3 Å². The van der Waals surface area contributed by atoms with Gasteiger partial charge in [-0.3, -0.25) is 14.5 Å². The van der Waals surface area contributed by atoms with Gasteiger partial charge in [0.15, 0.2) is 0 Å². The topological polar surface area (TPSA) is 61.4 Å². The van der Waals surface area contributed by atoms with Crippen LogP contribution in [0.4, 0.5) is 0 Å². The van der Waals surface area contributed by atoms with E-state index >= 15 is 0 Å². The molecule has 0 spiro atoms. The molecule has 0 atom stereocenters. The summed E-state index contributed by atoms with van der Waals surface area (Å²) in [5.41, 5.74) is 0.938. The van der Waals surface area contributed by atoms with Crippen LogP contribution in [0.3, 0.4) is 0 Å². The third kappa shape index (κ3) is 6.77. The number of likely N-dealkylation sites (N-methyl/N-ethyl adjacent to an activating group) is 1. The van der Waals surface area contributed by atoms with E-state index in [1.165, 1.54) is 0 Å². The molecule has 7 heteroatoms. The zero-order chi connectivity index (χ0) is 16.8. The maximum Gasteiger partial charge on any atom is 0.234 e. The van der Waals surface area contributed by atoms with E-state index in [9.17, 15) is 9.59 Å². The molecule has 1 aliphatic rings. The van der Waals surface area contributed by atoms with Crippen molar-refractivity contribution in [2.45, 2.75) is 25.3 Å². The van der Waals surface area contributed by atoms with Crippen LogP contribution in [0.15, 0.2) is 18.2 Å². The van der Waals surface area contributed by atoms with Crippen LogP contribution < -0.4 is 10.6 Å². The first-order valence-corrected chi connectivity index (χ1v) is 8.38. The van der Waals surface area contributed by atoms with Crippen molar-refractivity contribution >= 4 is 35.0 Å². The maximum atomic E-state index is 11.9. The molecule has 0 heterocycles. The number of nitrogens with one attached hydrogen (secondary N) is 2. The fraction of sp³-hybridized carbons (Fsp3) is 0.500. The van der Waals surface area contributed by atoms with Crippen LogP contribution in [0.25, 0.3) is 0 Å². The number of hydrogen-bond donors (Lipinski definition) is 2. The summed E-state index contributed by atoms with van der Waals surface area (Å²) in [5.74, 6) is -0.146. The Balaban J connectivity index is 1.64. The number of nitrogens with zero attached hydrogens (tertiary/aromatic N) is 1. The zero-order valence-corrected chi connectivity index (χ0v) is 14.6. The first kappa shape index (κ1) is 18.0. The van der Waals surface area contributed by atoms with Crippen molar-refractivity contribution in [3.05, 3.63) is 33.8 Å². The summed E-state index contributed by atoms with van der Waals surface area (Å²) in [7, 11) is 1.75. The first-order valence-electron chi connectivity index (χ1n) is 7.62. The monoisotopic (exact) mass is 357 g/mol. The first-order chi connectivity index (χ1) is 10.9. The van der Waals surface area contributed by atoms with Gasteiger partial charge < -0.3 is 10.6 Å². The average Bonchev–Trinajstić information content (AvgIpc) is 3.24. The molecule has 2 amide bonds. The molecule has 23 heavy (non-hydrogen) atoms. The minimum Gasteiger partial charge on any atom is -0.355 e. The lowest BCUT2D eigenvalue weighted by Gasteiger charge is -2.16. The molecule has 0 radical (unpaired) electrons. The predicted octanol–water partition coefficient (Wildman–Crippen LogP) is 1.86. The van der Waals surface area contributed by atoms with Crippen molar-refractivity contribution in [2.24, 2.45) is 0 Å². The molecule has 1 aromatic rings. The number of carbonyl (C=O) groups is 2. The van der Waals surface area contributed by atoms with Crippen LogP contribution in [-0.2, 0) is 16.0 Å². The van der Waals surface area contributed by atoms with E-state index in [4.69, 9.17) is 23.2 Å². The van der Waals surface area contributed by atoms with Gasteiger partial charge in [0.05, 0.1) is 13.1 Å². The minimum absolute atomic E-state index is 0.0317. The normalized spacial score (nSPS) is 13.9. The number of halogens is 2. The Morgan fingerprint density at radius 3 is 2.57 bits per heavy atom. The lowest BCUT2D eigenvalue weighted by atomic mass is 10.1. The van der Waals surface area contributed by atoms with E-state index < -0.39 is 0 Å². The van der Waals surface area contributed by atoms with Crippen LogP contribution in [0.1, 0.15) is 18.4 Å². The van der Waals surface area contributed by atoms with Gasteiger partial charge in [-0.25, -0.2) is 0 Å². The molecular formula is C16H21Cl2N3O2. The number of hydrogen-bond acceptors (Lipinski definition) is 3. The van der Waals surface area contributed by atoms with Gasteiger partial charge >= 0.3 is 0 Å². The molecule has 0 aromatic heterocycles. The Morgan fingerprint density at radius 1 is 1.22 bits per heavy atom. The Labute approximate surface area is 146 Å². The lowest BCUT2D eigenvalue weighted by molar-refractivity contribution is -0.124. The van der Waals surface area contributed by atoms with Crippen LogP contribution >= 0.6 is 23.2 Å². The molecule has 126 valence electrons. The van der Waals surface area contributed by atoms with E-state index in [2.05, 4.69) is 10.6 Å². The minimum atomic E-state index is -0.114. The third-order valence-corrected chi connectivity index (χ3v) is 4.09. The summed E-state index contributed by atoms with van der Waals surface area (Å²) in [6.07, 6.45) is 2.75. The second-order valence-corrected chi connectivity index (χ2v) is 6.69. The van der Waals surface area contributed by atoms with Gasteiger partial charge in [0.1, 0.15) is 0 Å². The van der Waals surface area contributed by atoms with Crippen molar-refractivity contribution < 1.29 is 9.59 Å². The lowest BCUT2D eigenvalue weighted by Crippen LogP contribution is -2.41. The second kappa shape index (κ2) is 8.52. The molecule has 1 saturated carbocycles. The molecular weight excluding hydrogens is 337 g/mol. The zero-order valence-electron chi connectivity index (χ0n) is 13.1. The molecule has 0 unspecified atom stereocenters. The van der Waals surface area contributed by atoms with Crippen LogP contribution in [0.5, 0.6) is 0 Å². The van der Waals surface area contributed by atoms with Crippen LogP contribution in [0, 0.1) is 0 Å². The SMILES string of the molecule is CN(CC(=O)NCCc1ccc(Cl)cc1Cl)CC(=O)NC1CC1. The summed E-state index contributed by atoms with van der Waals surface area (Å²) in [6.45, 7) is 0.904. The number of benzene rings is 1. The van der Waals surface area contributed by atoms with E-state index in [1.54, 1.807) is 24.1 Å². The van der Waals surface area contributed by atoms with Crippen LogP contribution in [0.2, 0.25) is 10.0 Å². The molecule has 0 aliphatic heterocycles. The van der Waals surface area contributed by atoms with E-state index in [0.29, 0.717) is 29.1 Å². The van der Waals surface area contributed by atoms with Gasteiger partial charge in [-0.2, -0.15) is 0 Å². The molecule has 5 nitrogen and oxygen atoms in total. The Kier molecular flexibility index (Phi) is 6.69. The van der Waals surface area contributed by atoms with Crippen molar-refractivity contribution in [1.82, 2.24) is 15.5 Å². The molecule has 1 aromatic carbocycles. The summed E-state index contributed by atoms with van der Waals surface area (Å²) >= 11 is 11.9. The van der Waals surface area contributed by atoms with Gasteiger partial charge in [0.25, 0.3) is 0 Å². The summed E-state index contributed by atoms with van der Waals surface area (Å²) in [5, 5.41) is 6.91. The van der Waals surface area contributed by atoms with Gasteiger partial charge in [0, 0.05) is 22.6 Å². The average molecular weight is 358 g/mol. The number of rotatable bonds is 8. The highest BCUT2D eigenvalue weighted by molar-refractivity contribution is 6.35. The third-order valence-electron chi connectivity index (χ3n) is 3.50. The van der Waals surface area contributed by atoms with Crippen LogP contribution in [-0.4, -0.2) is 49.4 Å². The van der Waals surface area contributed by atoms with Gasteiger partial charge in [-0.15, -0.1) is 0 Å². The fourth-order valence-electron chi connectivity index (χ4n) is 2.16. The smallest absolute Gasteiger partial charge is 0.234 e. The van der Waals surface area contributed by atoms with Crippen molar-refractivity contribution in [3.63, 3.8) is 0 Å². The Bertz CT molecular complexity index is 576. The molecule has 2 rings (SSSR count). The highest BCUT2D eigenvalue weighted by atomic mass is 35.5. The fourth-order valence-corrected chi connectivity index (χ4v) is 2.67. The second-order valence-electron chi connectivity index (χ2n) is 5.85. The summed E-state index contributed by atoms with van der Waals surface area (Å²) in [4.78, 5) is 25.2. The summed E-state index contributed by atoms with van der Waals surface area (Å²) in [6, 6.07) is 5.66. The van der Waals surface area contributed by atoms with Gasteiger partial charge in [0.2, 0.25) is 11.8 Å². The molecule has 1 aliphatic carbocycles. The standard InChI is InChI=1S/C16H21Cl2N3O2/c1-21(10-16(23)20-13-4-5-13)9-15(22)19-7-6-11-2-3-12(17)8-14(11)18/h2-3,8,13H,4-7,9-10H2,1H3,(H,19,22)(H,20,23). The molecule has 0 bridgehead atoms. The van der Waals surface area contributed by atoms with Crippen molar-refractivity contribution in [3.8, 4) is 0 Å². The highest BCUT2D eigenvalue weighted by Gasteiger charge is 2.23. The highest BCUT2D eigenvalue weighted by Crippen LogP contribution is 2.21. The Hall–Kier alpha value is -1.30. The van der Waals surface area contributed by atoms with E-state index in [1.807, 2.05) is 6.07 Å². The predicted molar refractivity (Wildman–Crippen MR) is 91.8 cm³/mol. The quantitative estimate of drug-likeness (QED) is 0.746. The summed E-state index contributed by atoms with van der Waals surface area (Å²) < 4.78 is 0. The van der Waals surface area contributed by atoms with Crippen molar-refractivity contribution in [2.75, 3.05) is 26.7 Å². The van der Waals surface area contributed by atoms with Gasteiger partial charge in [-0.05, 0) is 44.0 Å². The van der Waals surface area contributed by atoms with E-state index in [-0.39, 0.29) is 24.9 Å². The maximum absolute atomic E-state index is 11.9. The molecule has 2 N–H and O–H groups in total.